The number of ether oxygens (including phenoxy) is 1. The minimum absolute atomic E-state index is 0.0378. The van der Waals surface area contributed by atoms with Crippen LogP contribution in [-0.2, 0) is 4.79 Å². The summed E-state index contributed by atoms with van der Waals surface area (Å²) in [5, 5.41) is 2.96. The van der Waals surface area contributed by atoms with Crippen molar-refractivity contribution in [3.05, 3.63) is 96.2 Å². The summed E-state index contributed by atoms with van der Waals surface area (Å²) in [6.07, 6.45) is 3.70. The molecule has 37 heavy (non-hydrogen) atoms. The number of hydrogen-bond donors (Lipinski definition) is 1. The average Bonchev–Trinajstić information content (AvgIpc) is 3.67. The van der Waals surface area contributed by atoms with E-state index in [1.54, 1.807) is 4.90 Å². The van der Waals surface area contributed by atoms with E-state index in [9.17, 15) is 9.59 Å². The highest BCUT2D eigenvalue weighted by Crippen LogP contribution is 2.29. The molecule has 188 valence electrons. The summed E-state index contributed by atoms with van der Waals surface area (Å²) in [6, 6.07) is 25.0. The molecule has 5 rings (SSSR count). The zero-order chi connectivity index (χ0) is 25.8. The quantitative estimate of drug-likeness (QED) is 0.334. The lowest BCUT2D eigenvalue weighted by Gasteiger charge is -2.22. The van der Waals surface area contributed by atoms with E-state index in [0.29, 0.717) is 18.1 Å². The molecular weight excluding hydrogens is 464 g/mol. The van der Waals surface area contributed by atoms with Gasteiger partial charge < -0.3 is 9.64 Å². The highest BCUT2D eigenvalue weighted by Gasteiger charge is 2.34. The van der Waals surface area contributed by atoms with Crippen molar-refractivity contribution >= 4 is 17.8 Å². The van der Waals surface area contributed by atoms with Crippen molar-refractivity contribution in [3.63, 3.8) is 0 Å². The molecule has 0 aliphatic heterocycles. The van der Waals surface area contributed by atoms with Crippen LogP contribution in [0.2, 0.25) is 0 Å². The van der Waals surface area contributed by atoms with Crippen molar-refractivity contribution in [1.29, 1.82) is 0 Å². The third-order valence-corrected chi connectivity index (χ3v) is 6.29. The number of anilines is 1. The molecule has 1 heterocycles. The summed E-state index contributed by atoms with van der Waals surface area (Å²) >= 11 is 0. The van der Waals surface area contributed by atoms with Crippen molar-refractivity contribution in [2.45, 2.75) is 32.7 Å². The third-order valence-electron chi connectivity index (χ3n) is 6.29. The largest absolute Gasteiger partial charge is 0.494 e. The maximum Gasteiger partial charge on any atom is 0.254 e. The summed E-state index contributed by atoms with van der Waals surface area (Å²) in [5.41, 5.74) is 4.15. The molecule has 1 aliphatic carbocycles. The summed E-state index contributed by atoms with van der Waals surface area (Å²) in [5.74, 6) is 0.696. The molecule has 7 heteroatoms. The van der Waals surface area contributed by atoms with Gasteiger partial charge in [-0.05, 0) is 51.0 Å². The number of aromatic nitrogens is 2. The Kier molecular flexibility index (Phi) is 7.03. The summed E-state index contributed by atoms with van der Waals surface area (Å²) < 4.78 is 7.52. The van der Waals surface area contributed by atoms with Crippen LogP contribution in [0.15, 0.2) is 85.1 Å². The Morgan fingerprint density at radius 3 is 2.49 bits per heavy atom. The lowest BCUT2D eigenvalue weighted by molar-refractivity contribution is -0.117. The summed E-state index contributed by atoms with van der Waals surface area (Å²) in [6.45, 7) is 4.44. The van der Waals surface area contributed by atoms with Crippen LogP contribution in [0.4, 0.5) is 5.95 Å². The Hall–Kier alpha value is -4.39. The first-order valence-electron chi connectivity index (χ1n) is 12.6. The highest BCUT2D eigenvalue weighted by atomic mass is 16.5. The number of hydrogen-bond acceptors (Lipinski definition) is 4. The Morgan fingerprint density at radius 1 is 1.03 bits per heavy atom. The van der Waals surface area contributed by atoms with Crippen LogP contribution in [-0.4, -0.2) is 45.5 Å². The van der Waals surface area contributed by atoms with E-state index in [-0.39, 0.29) is 24.4 Å². The number of nitrogens with zero attached hydrogens (tertiary/aromatic N) is 3. The van der Waals surface area contributed by atoms with Crippen LogP contribution in [0.5, 0.6) is 5.75 Å². The lowest BCUT2D eigenvalue weighted by Crippen LogP contribution is -2.39. The second kappa shape index (κ2) is 10.7. The van der Waals surface area contributed by atoms with Crippen molar-refractivity contribution in [2.24, 2.45) is 0 Å². The first-order chi connectivity index (χ1) is 18.0. The summed E-state index contributed by atoms with van der Waals surface area (Å²) in [7, 11) is 0. The second-order valence-corrected chi connectivity index (χ2v) is 9.19. The van der Waals surface area contributed by atoms with Gasteiger partial charge in [0.2, 0.25) is 11.9 Å². The van der Waals surface area contributed by atoms with E-state index in [2.05, 4.69) is 5.32 Å². The molecule has 0 spiro atoms. The molecule has 3 aromatic carbocycles. The lowest BCUT2D eigenvalue weighted by atomic mass is 10.1. The van der Waals surface area contributed by atoms with Crippen LogP contribution in [0.1, 0.15) is 35.7 Å². The molecule has 0 atom stereocenters. The zero-order valence-corrected chi connectivity index (χ0v) is 21.1. The number of aryl methyl sites for hydroxylation is 1. The van der Waals surface area contributed by atoms with Gasteiger partial charge in [0.15, 0.2) is 0 Å². The topological polar surface area (TPSA) is 76.5 Å². The van der Waals surface area contributed by atoms with Crippen LogP contribution >= 0.6 is 0 Å². The number of amides is 2. The van der Waals surface area contributed by atoms with Gasteiger partial charge in [0.05, 0.1) is 18.0 Å². The van der Waals surface area contributed by atoms with E-state index in [4.69, 9.17) is 9.72 Å². The van der Waals surface area contributed by atoms with Crippen molar-refractivity contribution in [1.82, 2.24) is 14.5 Å². The molecular formula is C30H30N4O3. The SMILES string of the molecule is CCOc1cccc(-n2cc(-c3ccccc3)nc2NC(=O)CN(C(=O)c2ccc(C)cc2)C2CC2)c1. The molecule has 0 radical (unpaired) electrons. The fourth-order valence-corrected chi connectivity index (χ4v) is 4.24. The fourth-order valence-electron chi connectivity index (χ4n) is 4.24. The number of rotatable bonds is 9. The number of imidazole rings is 1. The van der Waals surface area contributed by atoms with Crippen LogP contribution in [0, 0.1) is 6.92 Å². The second-order valence-electron chi connectivity index (χ2n) is 9.19. The fraction of sp³-hybridized carbons (Fsp3) is 0.233. The first kappa shape index (κ1) is 24.3. The molecule has 1 fully saturated rings. The number of nitrogens with one attached hydrogen (secondary N) is 1. The van der Waals surface area contributed by atoms with Crippen LogP contribution < -0.4 is 10.1 Å². The number of carbonyl (C=O) groups excluding carboxylic acids is 2. The van der Waals surface area contributed by atoms with Gasteiger partial charge in [-0.1, -0.05) is 54.1 Å². The van der Waals surface area contributed by atoms with E-state index in [1.807, 2.05) is 103 Å². The minimum atomic E-state index is -0.292. The molecule has 0 bridgehead atoms. The highest BCUT2D eigenvalue weighted by molar-refractivity contribution is 5.99. The Labute approximate surface area is 216 Å². The first-order valence-corrected chi connectivity index (χ1v) is 12.6. The molecule has 4 aromatic rings. The molecule has 0 unspecified atom stereocenters. The Bertz CT molecular complexity index is 1390. The predicted molar refractivity (Wildman–Crippen MR) is 144 cm³/mol. The van der Waals surface area contributed by atoms with Gasteiger partial charge in [0.25, 0.3) is 5.91 Å². The van der Waals surface area contributed by atoms with Gasteiger partial charge in [-0.15, -0.1) is 0 Å². The van der Waals surface area contributed by atoms with E-state index < -0.39 is 0 Å². The summed E-state index contributed by atoms with van der Waals surface area (Å²) in [4.78, 5) is 32.9. The predicted octanol–water partition coefficient (Wildman–Crippen LogP) is 5.49. The van der Waals surface area contributed by atoms with Gasteiger partial charge in [0, 0.05) is 29.4 Å². The smallest absolute Gasteiger partial charge is 0.254 e. The monoisotopic (exact) mass is 494 g/mol. The van der Waals surface area contributed by atoms with E-state index >= 15 is 0 Å². The average molecular weight is 495 g/mol. The molecule has 1 aromatic heterocycles. The van der Waals surface area contributed by atoms with Crippen molar-refractivity contribution in [3.8, 4) is 22.7 Å². The third kappa shape index (κ3) is 5.72. The Morgan fingerprint density at radius 2 is 1.78 bits per heavy atom. The van der Waals surface area contributed by atoms with Crippen LogP contribution in [0.25, 0.3) is 16.9 Å². The molecule has 1 aliphatic rings. The van der Waals surface area contributed by atoms with E-state index in [0.717, 1.165) is 41.1 Å². The van der Waals surface area contributed by atoms with E-state index in [1.165, 1.54) is 0 Å². The maximum atomic E-state index is 13.3. The van der Waals surface area contributed by atoms with Gasteiger partial charge in [-0.3, -0.25) is 19.5 Å². The van der Waals surface area contributed by atoms with Crippen molar-refractivity contribution < 1.29 is 14.3 Å². The maximum absolute atomic E-state index is 13.3. The van der Waals surface area contributed by atoms with Gasteiger partial charge >= 0.3 is 0 Å². The molecule has 0 saturated heterocycles. The standard InChI is InChI=1S/C30H30N4O3/c1-3-37-26-11-7-10-25(18-26)34-19-27(22-8-5-4-6-9-22)31-30(34)32-28(35)20-33(24-16-17-24)29(36)23-14-12-21(2)13-15-23/h4-15,18-19,24H,3,16-17,20H2,1-2H3,(H,31,32,35). The van der Waals surface area contributed by atoms with Gasteiger partial charge in [0.1, 0.15) is 12.3 Å². The Balaban J connectivity index is 1.42. The normalized spacial score (nSPS) is 12.7. The van der Waals surface area contributed by atoms with Gasteiger partial charge in [-0.2, -0.15) is 0 Å². The number of benzene rings is 3. The molecule has 1 N–H and O–H groups in total. The minimum Gasteiger partial charge on any atom is -0.494 e. The van der Waals surface area contributed by atoms with Gasteiger partial charge in [-0.25, -0.2) is 4.98 Å². The molecule has 2 amide bonds. The zero-order valence-electron chi connectivity index (χ0n) is 21.1. The van der Waals surface area contributed by atoms with Crippen molar-refractivity contribution in [2.75, 3.05) is 18.5 Å². The molecule has 7 nitrogen and oxygen atoms in total. The molecule has 1 saturated carbocycles. The number of carbonyl (C=O) groups is 2. The van der Waals surface area contributed by atoms with Crippen LogP contribution in [0.3, 0.4) is 0 Å².